The Kier molecular flexibility index (Phi) is 5.18. The molecule has 0 saturated carbocycles. The lowest BCUT2D eigenvalue weighted by Crippen LogP contribution is -2.48. The lowest BCUT2D eigenvalue weighted by atomic mass is 9.99. The molecular formula is C19H27N5O. The normalized spacial score (nSPS) is 17.8. The molecule has 0 aromatic carbocycles. The molecule has 6 nitrogen and oxygen atoms in total. The number of nitrogens with zero attached hydrogens (tertiary/aromatic N) is 4. The minimum Gasteiger partial charge on any atom is -0.350 e. The van der Waals surface area contributed by atoms with Crippen molar-refractivity contribution < 1.29 is 4.79 Å². The van der Waals surface area contributed by atoms with Gasteiger partial charge < -0.3 is 9.88 Å². The molecule has 0 fully saturated rings. The molecule has 0 bridgehead atoms. The first kappa shape index (κ1) is 17.6. The molecule has 0 radical (unpaired) electrons. The quantitative estimate of drug-likeness (QED) is 0.907. The topological polar surface area (TPSA) is 63.1 Å². The Morgan fingerprint density at radius 3 is 2.60 bits per heavy atom. The molecule has 1 amide bonds. The number of amides is 1. The summed E-state index contributed by atoms with van der Waals surface area (Å²) in [5.41, 5.74) is 3.14. The third-order valence-electron chi connectivity index (χ3n) is 4.79. The van der Waals surface area contributed by atoms with Gasteiger partial charge in [0.1, 0.15) is 6.04 Å². The van der Waals surface area contributed by atoms with Crippen LogP contribution in [0.1, 0.15) is 56.7 Å². The van der Waals surface area contributed by atoms with Crippen LogP contribution in [0.15, 0.2) is 30.9 Å². The van der Waals surface area contributed by atoms with Crippen LogP contribution in [0.3, 0.4) is 0 Å². The first-order valence-corrected chi connectivity index (χ1v) is 8.97. The van der Waals surface area contributed by atoms with E-state index in [9.17, 15) is 4.79 Å². The van der Waals surface area contributed by atoms with Crippen molar-refractivity contribution in [1.82, 2.24) is 24.8 Å². The largest absolute Gasteiger partial charge is 0.350 e. The van der Waals surface area contributed by atoms with Crippen LogP contribution in [-0.4, -0.2) is 37.9 Å². The summed E-state index contributed by atoms with van der Waals surface area (Å²) >= 11 is 0. The van der Waals surface area contributed by atoms with E-state index in [2.05, 4.69) is 52.4 Å². The number of hydrogen-bond donors (Lipinski definition) is 1. The Bertz CT molecular complexity index is 723. The van der Waals surface area contributed by atoms with Crippen LogP contribution in [0.2, 0.25) is 0 Å². The highest BCUT2D eigenvalue weighted by Gasteiger charge is 2.37. The second-order valence-electron chi connectivity index (χ2n) is 7.13. The molecule has 3 rings (SSSR count). The van der Waals surface area contributed by atoms with E-state index < -0.39 is 0 Å². The number of nitrogens with one attached hydrogen (secondary N) is 1. The highest BCUT2D eigenvalue weighted by Crippen LogP contribution is 2.32. The smallest absolute Gasteiger partial charge is 0.243 e. The van der Waals surface area contributed by atoms with Gasteiger partial charge in [-0.2, -0.15) is 0 Å². The number of imidazole rings is 1. The zero-order valence-electron chi connectivity index (χ0n) is 15.4. The Morgan fingerprint density at radius 1 is 1.24 bits per heavy atom. The number of pyridine rings is 1. The Morgan fingerprint density at radius 2 is 1.96 bits per heavy atom. The third kappa shape index (κ3) is 3.58. The highest BCUT2D eigenvalue weighted by molar-refractivity contribution is 5.83. The van der Waals surface area contributed by atoms with E-state index in [4.69, 9.17) is 0 Å². The van der Waals surface area contributed by atoms with E-state index >= 15 is 0 Å². The molecule has 0 saturated heterocycles. The van der Waals surface area contributed by atoms with Crippen LogP contribution in [0.25, 0.3) is 0 Å². The summed E-state index contributed by atoms with van der Waals surface area (Å²) in [7, 11) is 0. The monoisotopic (exact) mass is 341 g/mol. The molecular weight excluding hydrogens is 314 g/mol. The van der Waals surface area contributed by atoms with E-state index in [0.29, 0.717) is 12.6 Å². The maximum Gasteiger partial charge on any atom is 0.243 e. The second kappa shape index (κ2) is 7.35. The van der Waals surface area contributed by atoms with Crippen LogP contribution in [-0.2, 0) is 17.8 Å². The van der Waals surface area contributed by atoms with Crippen LogP contribution in [0.4, 0.5) is 0 Å². The molecule has 0 spiro atoms. The molecule has 1 unspecified atom stereocenters. The van der Waals surface area contributed by atoms with Gasteiger partial charge in [0, 0.05) is 44.0 Å². The number of hydrogen-bond acceptors (Lipinski definition) is 4. The summed E-state index contributed by atoms with van der Waals surface area (Å²) in [6.07, 6.45) is 6.26. The fourth-order valence-electron chi connectivity index (χ4n) is 3.45. The van der Waals surface area contributed by atoms with Crippen molar-refractivity contribution in [3.05, 3.63) is 47.8 Å². The minimum atomic E-state index is -0.296. The number of aromatic nitrogens is 3. The van der Waals surface area contributed by atoms with Crippen LogP contribution in [0, 0.1) is 0 Å². The van der Waals surface area contributed by atoms with Gasteiger partial charge in [-0.15, -0.1) is 0 Å². The van der Waals surface area contributed by atoms with Crippen molar-refractivity contribution in [1.29, 1.82) is 0 Å². The predicted molar refractivity (Wildman–Crippen MR) is 97.0 cm³/mol. The fourth-order valence-corrected chi connectivity index (χ4v) is 3.45. The van der Waals surface area contributed by atoms with Crippen molar-refractivity contribution in [2.45, 2.75) is 58.8 Å². The van der Waals surface area contributed by atoms with Crippen LogP contribution >= 0.6 is 0 Å². The summed E-state index contributed by atoms with van der Waals surface area (Å²) in [5, 5.41) is 3.10. The van der Waals surface area contributed by atoms with Gasteiger partial charge in [0.05, 0.1) is 17.7 Å². The van der Waals surface area contributed by atoms with Crippen LogP contribution < -0.4 is 5.32 Å². The van der Waals surface area contributed by atoms with Crippen molar-refractivity contribution in [2.75, 3.05) is 6.54 Å². The number of carbonyl (C=O) groups is 1. The molecule has 2 aromatic heterocycles. The highest BCUT2D eigenvalue weighted by atomic mass is 16.2. The maximum absolute atomic E-state index is 13.1. The lowest BCUT2D eigenvalue weighted by molar-refractivity contribution is -0.128. The zero-order chi connectivity index (χ0) is 18.0. The van der Waals surface area contributed by atoms with E-state index in [1.54, 1.807) is 12.4 Å². The van der Waals surface area contributed by atoms with Gasteiger partial charge in [-0.05, 0) is 45.4 Å². The van der Waals surface area contributed by atoms with Gasteiger partial charge in [0.2, 0.25) is 5.91 Å². The predicted octanol–water partition coefficient (Wildman–Crippen LogP) is 2.48. The molecule has 134 valence electrons. The molecule has 1 N–H and O–H groups in total. The Labute approximate surface area is 149 Å². The van der Waals surface area contributed by atoms with Crippen molar-refractivity contribution in [2.24, 2.45) is 0 Å². The Hall–Kier alpha value is -2.21. The summed E-state index contributed by atoms with van der Waals surface area (Å²) in [4.78, 5) is 24.0. The molecule has 1 aliphatic rings. The number of rotatable bonds is 5. The summed E-state index contributed by atoms with van der Waals surface area (Å²) in [6, 6.07) is 4.12. The van der Waals surface area contributed by atoms with E-state index in [1.165, 1.54) is 0 Å². The molecule has 1 atom stereocenters. The molecule has 2 aromatic rings. The molecule has 1 aliphatic heterocycles. The zero-order valence-corrected chi connectivity index (χ0v) is 15.4. The molecule has 3 heterocycles. The summed E-state index contributed by atoms with van der Waals surface area (Å²) in [5.74, 6) is 0.0360. The van der Waals surface area contributed by atoms with E-state index in [-0.39, 0.29) is 18.0 Å². The first-order chi connectivity index (χ1) is 12.0. The SMILES string of the molecule is CC(C)N1CCc2ncn(C(C)C)c2C1C(=O)NCc1ccncc1. The minimum absolute atomic E-state index is 0.0360. The van der Waals surface area contributed by atoms with Gasteiger partial charge in [-0.25, -0.2) is 4.98 Å². The van der Waals surface area contributed by atoms with Gasteiger partial charge in [0.15, 0.2) is 0 Å². The molecule has 0 aliphatic carbocycles. The summed E-state index contributed by atoms with van der Waals surface area (Å²) in [6.45, 7) is 9.90. The van der Waals surface area contributed by atoms with E-state index in [1.807, 2.05) is 18.5 Å². The van der Waals surface area contributed by atoms with Gasteiger partial charge in [0.25, 0.3) is 0 Å². The van der Waals surface area contributed by atoms with E-state index in [0.717, 1.165) is 29.9 Å². The van der Waals surface area contributed by atoms with Gasteiger partial charge in [-0.3, -0.25) is 14.7 Å². The van der Waals surface area contributed by atoms with Gasteiger partial charge >= 0.3 is 0 Å². The second-order valence-corrected chi connectivity index (χ2v) is 7.13. The third-order valence-corrected chi connectivity index (χ3v) is 4.79. The van der Waals surface area contributed by atoms with Gasteiger partial charge in [-0.1, -0.05) is 0 Å². The summed E-state index contributed by atoms with van der Waals surface area (Å²) < 4.78 is 2.14. The average molecular weight is 341 g/mol. The van der Waals surface area contributed by atoms with Crippen molar-refractivity contribution in [3.63, 3.8) is 0 Å². The standard InChI is InChI=1S/C19H27N5O/c1-13(2)23-10-7-16-17(24(12-22-16)14(3)4)18(23)19(25)21-11-15-5-8-20-9-6-15/h5-6,8-9,12-14,18H,7,10-11H2,1-4H3,(H,21,25). The lowest BCUT2D eigenvalue weighted by Gasteiger charge is -2.38. The molecule has 6 heteroatoms. The fraction of sp³-hybridized carbons (Fsp3) is 0.526. The van der Waals surface area contributed by atoms with Crippen molar-refractivity contribution in [3.8, 4) is 0 Å². The maximum atomic E-state index is 13.1. The Balaban J connectivity index is 1.88. The number of fused-ring (bicyclic) bond motifs is 1. The van der Waals surface area contributed by atoms with Crippen molar-refractivity contribution >= 4 is 5.91 Å². The first-order valence-electron chi connectivity index (χ1n) is 8.97. The van der Waals surface area contributed by atoms with Crippen LogP contribution in [0.5, 0.6) is 0 Å². The molecule has 25 heavy (non-hydrogen) atoms. The number of carbonyl (C=O) groups excluding carboxylic acids is 1. The average Bonchev–Trinajstić information content (AvgIpc) is 3.04.